The van der Waals surface area contributed by atoms with E-state index in [4.69, 9.17) is 9.47 Å². The van der Waals surface area contributed by atoms with Crippen molar-refractivity contribution in [2.75, 3.05) is 33.9 Å². The Balaban J connectivity index is 3.37. The lowest BCUT2D eigenvalue weighted by atomic mass is 10.2. The second-order valence-corrected chi connectivity index (χ2v) is 3.03. The molecule has 2 N–H and O–H groups in total. The molecule has 0 saturated heterocycles. The predicted molar refractivity (Wildman–Crippen MR) is 51.8 cm³/mol. The van der Waals surface area contributed by atoms with Gasteiger partial charge in [-0.2, -0.15) is 0 Å². The Morgan fingerprint density at radius 2 is 2.00 bits per heavy atom. The van der Waals surface area contributed by atoms with Gasteiger partial charge >= 0.3 is 0 Å². The summed E-state index contributed by atoms with van der Waals surface area (Å²) in [4.78, 5) is 0. The summed E-state index contributed by atoms with van der Waals surface area (Å²) in [5.74, 6) is 0. The smallest absolute Gasteiger partial charge is 0.0928 e. The van der Waals surface area contributed by atoms with Gasteiger partial charge in [-0.25, -0.2) is 0 Å². The summed E-state index contributed by atoms with van der Waals surface area (Å²) in [5, 5.41) is 12.4. The summed E-state index contributed by atoms with van der Waals surface area (Å²) >= 11 is 0. The van der Waals surface area contributed by atoms with Gasteiger partial charge in [-0.15, -0.1) is 0 Å². The maximum absolute atomic E-state index is 9.24. The Hall–Kier alpha value is -0.160. The summed E-state index contributed by atoms with van der Waals surface area (Å²) < 4.78 is 10.1. The highest BCUT2D eigenvalue weighted by Crippen LogP contribution is 1.90. The zero-order valence-electron chi connectivity index (χ0n) is 8.75. The maximum Gasteiger partial charge on any atom is 0.0928 e. The number of nitrogens with one attached hydrogen (secondary N) is 1. The van der Waals surface area contributed by atoms with Gasteiger partial charge in [0.15, 0.2) is 0 Å². The van der Waals surface area contributed by atoms with E-state index in [0.717, 1.165) is 6.42 Å². The van der Waals surface area contributed by atoms with Crippen LogP contribution in [0.1, 0.15) is 13.3 Å². The zero-order valence-corrected chi connectivity index (χ0v) is 8.75. The highest BCUT2D eigenvalue weighted by molar-refractivity contribution is 4.63. The topological polar surface area (TPSA) is 50.7 Å². The third kappa shape index (κ3) is 6.95. The van der Waals surface area contributed by atoms with Crippen LogP contribution in [0.15, 0.2) is 0 Å². The molecule has 0 saturated carbocycles. The number of aliphatic hydroxyl groups is 1. The Bertz CT molecular complexity index is 111. The van der Waals surface area contributed by atoms with Gasteiger partial charge in [0.25, 0.3) is 0 Å². The van der Waals surface area contributed by atoms with Crippen LogP contribution >= 0.6 is 0 Å². The molecule has 0 aliphatic rings. The van der Waals surface area contributed by atoms with Crippen LogP contribution in [0.3, 0.4) is 0 Å². The van der Waals surface area contributed by atoms with Crippen LogP contribution in [0, 0.1) is 0 Å². The first-order valence-electron chi connectivity index (χ1n) is 4.65. The minimum atomic E-state index is -0.264. The molecule has 2 unspecified atom stereocenters. The van der Waals surface area contributed by atoms with Gasteiger partial charge < -0.3 is 19.9 Å². The quantitative estimate of drug-likeness (QED) is 0.567. The molecule has 4 heteroatoms. The number of ether oxygens (including phenoxy) is 2. The lowest BCUT2D eigenvalue weighted by Crippen LogP contribution is -2.35. The van der Waals surface area contributed by atoms with Crippen LogP contribution in [0.2, 0.25) is 0 Å². The molecule has 0 fully saturated rings. The van der Waals surface area contributed by atoms with Crippen molar-refractivity contribution in [2.45, 2.75) is 25.6 Å². The molecule has 80 valence electrons. The minimum absolute atomic E-state index is 0.0639. The molecule has 0 aliphatic carbocycles. The van der Waals surface area contributed by atoms with E-state index in [9.17, 15) is 5.11 Å². The molecular formula is C9H21NO3. The molecular weight excluding hydrogens is 170 g/mol. The molecule has 13 heavy (non-hydrogen) atoms. The van der Waals surface area contributed by atoms with Gasteiger partial charge in [-0.3, -0.25) is 0 Å². The normalized spacial score (nSPS) is 15.7. The standard InChI is InChI=1S/C9H21NO3/c1-4-8(11)5-10-6-9(13-3)7-12-2/h8-11H,4-7H2,1-3H3. The maximum atomic E-state index is 9.24. The van der Waals surface area contributed by atoms with Gasteiger partial charge in [0, 0.05) is 27.3 Å². The molecule has 0 bridgehead atoms. The van der Waals surface area contributed by atoms with E-state index >= 15 is 0 Å². The van der Waals surface area contributed by atoms with Crippen molar-refractivity contribution in [1.82, 2.24) is 5.32 Å². The Morgan fingerprint density at radius 1 is 1.31 bits per heavy atom. The summed E-state index contributed by atoms with van der Waals surface area (Å²) in [7, 11) is 3.30. The Kier molecular flexibility index (Phi) is 8.33. The molecule has 4 nitrogen and oxygen atoms in total. The number of aliphatic hydroxyl groups excluding tert-OH is 1. The van der Waals surface area contributed by atoms with E-state index in [-0.39, 0.29) is 12.2 Å². The van der Waals surface area contributed by atoms with Crippen molar-refractivity contribution in [3.05, 3.63) is 0 Å². The molecule has 0 aromatic heterocycles. The van der Waals surface area contributed by atoms with E-state index in [1.165, 1.54) is 0 Å². The van der Waals surface area contributed by atoms with E-state index in [1.54, 1.807) is 14.2 Å². The lowest BCUT2D eigenvalue weighted by molar-refractivity contribution is 0.0270. The van der Waals surface area contributed by atoms with Crippen molar-refractivity contribution >= 4 is 0 Å². The monoisotopic (exact) mass is 191 g/mol. The van der Waals surface area contributed by atoms with Gasteiger partial charge in [0.05, 0.1) is 18.8 Å². The van der Waals surface area contributed by atoms with Crippen molar-refractivity contribution in [3.63, 3.8) is 0 Å². The van der Waals surface area contributed by atoms with E-state index in [2.05, 4.69) is 5.32 Å². The number of methoxy groups -OCH3 is 2. The molecule has 0 radical (unpaired) electrons. The summed E-state index contributed by atoms with van der Waals surface area (Å²) in [6, 6.07) is 0. The van der Waals surface area contributed by atoms with E-state index in [1.807, 2.05) is 6.92 Å². The fourth-order valence-electron chi connectivity index (χ4n) is 0.951. The summed E-state index contributed by atoms with van der Waals surface area (Å²) in [6.45, 7) is 3.85. The van der Waals surface area contributed by atoms with Crippen molar-refractivity contribution in [3.8, 4) is 0 Å². The Labute approximate surface area is 80.2 Å². The fraction of sp³-hybridized carbons (Fsp3) is 1.00. The largest absolute Gasteiger partial charge is 0.392 e. The molecule has 2 atom stereocenters. The average molecular weight is 191 g/mol. The molecule has 0 amide bonds. The second kappa shape index (κ2) is 8.44. The van der Waals surface area contributed by atoms with Crippen LogP contribution in [0.25, 0.3) is 0 Å². The summed E-state index contributed by atoms with van der Waals surface area (Å²) in [6.07, 6.45) is 0.573. The highest BCUT2D eigenvalue weighted by Gasteiger charge is 2.06. The van der Waals surface area contributed by atoms with Gasteiger partial charge in [0.2, 0.25) is 0 Å². The highest BCUT2D eigenvalue weighted by atomic mass is 16.5. The van der Waals surface area contributed by atoms with Crippen LogP contribution in [0.4, 0.5) is 0 Å². The van der Waals surface area contributed by atoms with Crippen LogP contribution in [-0.2, 0) is 9.47 Å². The molecule has 0 rings (SSSR count). The zero-order chi connectivity index (χ0) is 10.1. The van der Waals surface area contributed by atoms with E-state index < -0.39 is 0 Å². The predicted octanol–water partition coefficient (Wildman–Crippen LogP) is 0.00830. The molecule has 0 aromatic rings. The first kappa shape index (κ1) is 12.8. The van der Waals surface area contributed by atoms with Crippen molar-refractivity contribution < 1.29 is 14.6 Å². The average Bonchev–Trinajstić information content (AvgIpc) is 2.16. The fourth-order valence-corrected chi connectivity index (χ4v) is 0.951. The summed E-state index contributed by atoms with van der Waals surface area (Å²) in [5.41, 5.74) is 0. The number of hydrogen-bond acceptors (Lipinski definition) is 4. The third-order valence-electron chi connectivity index (χ3n) is 1.91. The number of rotatable bonds is 8. The van der Waals surface area contributed by atoms with Gasteiger partial charge in [-0.1, -0.05) is 6.92 Å². The van der Waals surface area contributed by atoms with E-state index in [0.29, 0.717) is 19.7 Å². The lowest BCUT2D eigenvalue weighted by Gasteiger charge is -2.16. The SMILES string of the molecule is CCC(O)CNCC(COC)OC. The third-order valence-corrected chi connectivity index (χ3v) is 1.91. The van der Waals surface area contributed by atoms with Crippen LogP contribution < -0.4 is 5.32 Å². The molecule has 0 heterocycles. The van der Waals surface area contributed by atoms with Crippen molar-refractivity contribution in [1.29, 1.82) is 0 Å². The van der Waals surface area contributed by atoms with Gasteiger partial charge in [-0.05, 0) is 6.42 Å². The molecule has 0 aliphatic heterocycles. The molecule has 0 spiro atoms. The number of hydrogen-bond donors (Lipinski definition) is 2. The van der Waals surface area contributed by atoms with Crippen LogP contribution in [-0.4, -0.2) is 51.2 Å². The van der Waals surface area contributed by atoms with Crippen LogP contribution in [0.5, 0.6) is 0 Å². The van der Waals surface area contributed by atoms with Crippen molar-refractivity contribution in [2.24, 2.45) is 0 Å². The first-order chi connectivity index (χ1) is 6.24. The van der Waals surface area contributed by atoms with Gasteiger partial charge in [0.1, 0.15) is 0 Å². The second-order valence-electron chi connectivity index (χ2n) is 3.03. The minimum Gasteiger partial charge on any atom is -0.392 e. The first-order valence-corrected chi connectivity index (χ1v) is 4.65. The molecule has 0 aromatic carbocycles. The Morgan fingerprint density at radius 3 is 2.46 bits per heavy atom.